The molecule has 10 heteroatoms. The first-order valence-corrected chi connectivity index (χ1v) is 2.21. The van der Waals surface area contributed by atoms with E-state index in [1.807, 2.05) is 0 Å². The fourth-order valence-electron chi connectivity index (χ4n) is 0.250. The predicted molar refractivity (Wildman–Crippen MR) is 47.7 cm³/mol. The topological polar surface area (TPSA) is 188 Å². The van der Waals surface area contributed by atoms with Gasteiger partial charge in [-0.2, -0.15) is 13.1 Å². The summed E-state index contributed by atoms with van der Waals surface area (Å²) in [4.78, 5) is 0. The van der Waals surface area contributed by atoms with Crippen LogP contribution in [0, 0.1) is 0 Å². The van der Waals surface area contributed by atoms with Gasteiger partial charge in [0.25, 0.3) is 0 Å². The molecule has 0 aromatic heterocycles. The third-order valence-corrected chi connectivity index (χ3v) is 0.604. The second-order valence-corrected chi connectivity index (χ2v) is 1.21. The molecule has 0 aliphatic carbocycles. The van der Waals surface area contributed by atoms with Crippen LogP contribution >= 0.6 is 0 Å². The summed E-state index contributed by atoms with van der Waals surface area (Å²) >= 11 is 0. The Labute approximate surface area is 128 Å². The van der Waals surface area contributed by atoms with Gasteiger partial charge in [-0.1, -0.05) is 12.8 Å². The van der Waals surface area contributed by atoms with E-state index in [-0.39, 0.29) is 91.5 Å². The molecule has 102 valence electrons. The number of nitrogens with one attached hydrogen (secondary N) is 2. The molecule has 0 amide bonds. The minimum atomic E-state index is 0. The zero-order valence-electron chi connectivity index (χ0n) is 8.05. The maximum absolute atomic E-state index is 6.62. The van der Waals surface area contributed by atoms with Crippen molar-refractivity contribution in [3.05, 3.63) is 11.5 Å². The second kappa shape index (κ2) is 84.7. The summed E-state index contributed by atoms with van der Waals surface area (Å²) in [5.74, 6) is 0. The van der Waals surface area contributed by atoms with Gasteiger partial charge in [-0.3, -0.25) is 0 Å². The van der Waals surface area contributed by atoms with Crippen molar-refractivity contribution in [2.45, 2.75) is 12.8 Å². The zero-order valence-corrected chi connectivity index (χ0v) is 14.1. The molecule has 0 rings (SSSR count). The van der Waals surface area contributed by atoms with Crippen molar-refractivity contribution in [1.82, 2.24) is 24.6 Å². The number of rotatable bonds is 3. The molecule has 6 nitrogen and oxygen atoms in total. The Kier molecular flexibility index (Phi) is 457. The quantitative estimate of drug-likeness (QED) is 0.241. The Morgan fingerprint density at radius 1 is 0.571 bits per heavy atom. The normalized spacial score (nSPS) is 3.86. The van der Waals surface area contributed by atoms with E-state index in [4.69, 9.17) is 11.5 Å². The molecule has 0 bridgehead atoms. The number of hydrogen-bond acceptors (Lipinski definition) is 4. The van der Waals surface area contributed by atoms with Crippen LogP contribution in [0.15, 0.2) is 0 Å². The van der Waals surface area contributed by atoms with Crippen molar-refractivity contribution < 1.29 is 66.9 Å². The first kappa shape index (κ1) is 75.5. The van der Waals surface area contributed by atoms with Crippen molar-refractivity contribution in [3.8, 4) is 0 Å². The largest absolute Gasteiger partial charge is 2.00 e. The van der Waals surface area contributed by atoms with Gasteiger partial charge < -0.3 is 60.9 Å². The van der Waals surface area contributed by atoms with Crippen molar-refractivity contribution >= 4 is 0 Å². The van der Waals surface area contributed by atoms with Gasteiger partial charge in [0.2, 0.25) is 0 Å². The van der Waals surface area contributed by atoms with E-state index in [1.54, 1.807) is 0 Å². The van der Waals surface area contributed by atoms with Gasteiger partial charge in [-0.05, 0) is 0 Å². The summed E-state index contributed by atoms with van der Waals surface area (Å²) in [6.07, 6.45) is 1.78. The molecule has 0 aromatic rings. The minimum Gasteiger partial charge on any atom is -1.00 e. The van der Waals surface area contributed by atoms with E-state index in [0.29, 0.717) is 13.1 Å². The van der Waals surface area contributed by atoms with Gasteiger partial charge in [-0.25, -0.2) is 0 Å². The smallest absolute Gasteiger partial charge is 1.00 e. The molecule has 0 aliphatic rings. The van der Waals surface area contributed by atoms with Crippen LogP contribution in [0.25, 0.3) is 11.5 Å². The first-order chi connectivity index (χ1) is 2.91. The average Bonchev–Trinajstić information content (AvgIpc) is 1.61. The van der Waals surface area contributed by atoms with E-state index in [9.17, 15) is 0 Å². The van der Waals surface area contributed by atoms with Crippen molar-refractivity contribution in [2.24, 2.45) is 0 Å². The average molecular weight is 615 g/mol. The molecule has 0 aromatic carbocycles. The molecule has 0 saturated carbocycles. The molecule has 0 fully saturated rings. The van der Waals surface area contributed by atoms with Gasteiger partial charge in [0.05, 0.1) is 0 Å². The SMILES string of the molecule is N.N.N.N.[Cl-].[Cl-].[NH-]CCCC[NH-].[Pt+2].[Pt+2]. The molecule has 0 atom stereocenters. The Morgan fingerprint density at radius 3 is 0.786 bits per heavy atom. The molecule has 0 heterocycles. The molecule has 0 spiro atoms. The van der Waals surface area contributed by atoms with Crippen molar-refractivity contribution in [1.29, 1.82) is 0 Å². The molecule has 0 saturated heterocycles. The predicted octanol–water partition coefficient (Wildman–Crippen LogP) is -3.48. The Balaban J connectivity index is -0.00000000446. The van der Waals surface area contributed by atoms with Gasteiger partial charge >= 0.3 is 42.1 Å². The van der Waals surface area contributed by atoms with Crippen LogP contribution in [0.1, 0.15) is 12.8 Å². The number of hydrogen-bond donors (Lipinski definition) is 4. The van der Waals surface area contributed by atoms with Gasteiger partial charge in [0, 0.05) is 0 Å². The first-order valence-electron chi connectivity index (χ1n) is 2.21. The second-order valence-electron chi connectivity index (χ2n) is 1.21. The minimum absolute atomic E-state index is 0. The van der Waals surface area contributed by atoms with Crippen LogP contribution in [0.3, 0.4) is 0 Å². The van der Waals surface area contributed by atoms with Crippen LogP contribution in [0.4, 0.5) is 0 Å². The molecular formula is C4H22Cl2N6Pt2. The molecule has 0 aliphatic heterocycles. The summed E-state index contributed by atoms with van der Waals surface area (Å²) in [5, 5.41) is 0. The van der Waals surface area contributed by atoms with Crippen LogP contribution < -0.4 is 49.4 Å². The molecule has 0 unspecified atom stereocenters. The van der Waals surface area contributed by atoms with Gasteiger partial charge in [0.15, 0.2) is 0 Å². The van der Waals surface area contributed by atoms with Gasteiger partial charge in [-0.15, -0.1) is 0 Å². The van der Waals surface area contributed by atoms with E-state index in [1.165, 1.54) is 0 Å². The van der Waals surface area contributed by atoms with Crippen LogP contribution in [0.5, 0.6) is 0 Å². The van der Waals surface area contributed by atoms with Gasteiger partial charge in [0.1, 0.15) is 0 Å². The maximum Gasteiger partial charge on any atom is 2.00 e. The fourth-order valence-corrected chi connectivity index (χ4v) is 0.250. The number of unbranched alkanes of at least 4 members (excludes halogenated alkanes) is 1. The zero-order chi connectivity index (χ0) is 4.83. The molecule has 14 N–H and O–H groups in total. The molecular weight excluding hydrogens is 593 g/mol. The third-order valence-electron chi connectivity index (χ3n) is 0.604. The number of halogens is 2. The van der Waals surface area contributed by atoms with Crippen LogP contribution in [-0.2, 0) is 42.1 Å². The molecule has 14 heavy (non-hydrogen) atoms. The fraction of sp³-hybridized carbons (Fsp3) is 1.00. The Hall–Kier alpha value is 1.72. The maximum atomic E-state index is 6.62. The summed E-state index contributed by atoms with van der Waals surface area (Å²) in [6, 6.07) is 0. The van der Waals surface area contributed by atoms with Crippen LogP contribution in [0.2, 0.25) is 0 Å². The van der Waals surface area contributed by atoms with Crippen LogP contribution in [-0.4, -0.2) is 13.1 Å². The summed E-state index contributed by atoms with van der Waals surface area (Å²) in [7, 11) is 0. The summed E-state index contributed by atoms with van der Waals surface area (Å²) < 4.78 is 0. The van der Waals surface area contributed by atoms with E-state index in [0.717, 1.165) is 12.8 Å². The summed E-state index contributed by atoms with van der Waals surface area (Å²) in [6.45, 7) is 0.970. The van der Waals surface area contributed by atoms with Crippen molar-refractivity contribution in [3.63, 3.8) is 0 Å². The van der Waals surface area contributed by atoms with Crippen molar-refractivity contribution in [2.75, 3.05) is 13.1 Å². The Morgan fingerprint density at radius 2 is 0.714 bits per heavy atom. The van der Waals surface area contributed by atoms with E-state index >= 15 is 0 Å². The monoisotopic (exact) mass is 614 g/mol. The third kappa shape index (κ3) is 99.7. The molecule has 0 radical (unpaired) electrons. The van der Waals surface area contributed by atoms with E-state index in [2.05, 4.69) is 0 Å². The summed E-state index contributed by atoms with van der Waals surface area (Å²) in [5.41, 5.74) is 13.2. The van der Waals surface area contributed by atoms with E-state index < -0.39 is 0 Å². The standard InChI is InChI=1S/C4H10N2.2ClH.4H3N.2Pt/c5-3-1-2-4-6;;;;;;;;/h5-6H,1-4H2;2*1H;4*1H3;;/q-2;;;;;;;2*+2/p-2. The Bertz CT molecular complexity index is 37.8.